The molecule has 1 aromatic heterocycles. The van der Waals surface area contributed by atoms with Gasteiger partial charge in [-0.3, -0.25) is 0 Å². The monoisotopic (exact) mass is 313 g/mol. The Morgan fingerprint density at radius 1 is 0.955 bits per heavy atom. The highest BCUT2D eigenvalue weighted by Crippen LogP contribution is 2.25. The van der Waals surface area contributed by atoms with Crippen LogP contribution in [0.1, 0.15) is 5.56 Å². The molecule has 0 fully saturated rings. The Labute approximate surface area is 133 Å². The van der Waals surface area contributed by atoms with Crippen LogP contribution in [0.3, 0.4) is 0 Å². The summed E-state index contributed by atoms with van der Waals surface area (Å²) in [5.74, 6) is -0.204. The lowest BCUT2D eigenvalue weighted by Gasteiger charge is -2.09. The van der Waals surface area contributed by atoms with E-state index in [9.17, 15) is 4.39 Å². The van der Waals surface area contributed by atoms with E-state index in [0.717, 1.165) is 5.56 Å². The largest absolute Gasteiger partial charge is 0.486 e. The highest BCUT2D eigenvalue weighted by molar-refractivity contribution is 6.29. The molecule has 0 saturated heterocycles. The molecule has 3 aromatic rings. The molecule has 2 nitrogen and oxygen atoms in total. The van der Waals surface area contributed by atoms with E-state index < -0.39 is 5.82 Å². The average Bonchev–Trinajstić information content (AvgIpc) is 2.54. The van der Waals surface area contributed by atoms with Gasteiger partial charge in [-0.05, 0) is 35.9 Å². The fourth-order valence-electron chi connectivity index (χ4n) is 2.08. The van der Waals surface area contributed by atoms with E-state index in [4.69, 9.17) is 16.3 Å². The van der Waals surface area contributed by atoms with Crippen LogP contribution in [-0.2, 0) is 6.61 Å². The van der Waals surface area contributed by atoms with Crippen LogP contribution in [0.15, 0.2) is 66.7 Å². The zero-order valence-electron chi connectivity index (χ0n) is 11.7. The summed E-state index contributed by atoms with van der Waals surface area (Å²) in [6.07, 6.45) is 0. The fraction of sp³-hybridized carbons (Fsp3) is 0.0556. The van der Waals surface area contributed by atoms with Gasteiger partial charge in [0.15, 0.2) is 11.6 Å². The van der Waals surface area contributed by atoms with Gasteiger partial charge in [0.25, 0.3) is 0 Å². The number of nitrogens with zero attached hydrogens (tertiary/aromatic N) is 1. The van der Waals surface area contributed by atoms with Gasteiger partial charge in [0.05, 0.1) is 5.69 Å². The lowest BCUT2D eigenvalue weighted by molar-refractivity contribution is 0.290. The Morgan fingerprint density at radius 3 is 2.50 bits per heavy atom. The van der Waals surface area contributed by atoms with Crippen molar-refractivity contribution in [2.45, 2.75) is 6.61 Å². The number of ether oxygens (including phenoxy) is 1. The van der Waals surface area contributed by atoms with Gasteiger partial charge in [0.2, 0.25) is 0 Å². The number of hydrogen-bond donors (Lipinski definition) is 0. The molecule has 0 aliphatic carbocycles. The summed E-state index contributed by atoms with van der Waals surface area (Å²) in [7, 11) is 0. The van der Waals surface area contributed by atoms with Gasteiger partial charge in [-0.2, -0.15) is 0 Å². The molecule has 0 unspecified atom stereocenters. The summed E-state index contributed by atoms with van der Waals surface area (Å²) in [4.78, 5) is 4.17. The molecule has 0 spiro atoms. The number of pyridine rings is 1. The Morgan fingerprint density at radius 2 is 1.77 bits per heavy atom. The molecule has 3 rings (SSSR count). The van der Waals surface area contributed by atoms with Gasteiger partial charge in [0, 0.05) is 5.56 Å². The van der Waals surface area contributed by atoms with Crippen molar-refractivity contribution in [1.29, 1.82) is 0 Å². The predicted molar refractivity (Wildman–Crippen MR) is 85.4 cm³/mol. The van der Waals surface area contributed by atoms with Crippen molar-refractivity contribution >= 4 is 11.6 Å². The van der Waals surface area contributed by atoms with Crippen LogP contribution in [0.4, 0.5) is 4.39 Å². The van der Waals surface area contributed by atoms with Gasteiger partial charge in [-0.1, -0.05) is 48.0 Å². The maximum absolute atomic E-state index is 14.2. The Bertz CT molecular complexity index is 777. The van der Waals surface area contributed by atoms with E-state index in [-0.39, 0.29) is 5.75 Å². The lowest BCUT2D eigenvalue weighted by atomic mass is 10.1. The third-order valence-electron chi connectivity index (χ3n) is 3.18. The third kappa shape index (κ3) is 3.43. The molecular weight excluding hydrogens is 301 g/mol. The zero-order valence-corrected chi connectivity index (χ0v) is 12.4. The molecule has 22 heavy (non-hydrogen) atoms. The smallest absolute Gasteiger partial charge is 0.165 e. The molecule has 1 heterocycles. The van der Waals surface area contributed by atoms with E-state index in [0.29, 0.717) is 23.0 Å². The maximum Gasteiger partial charge on any atom is 0.165 e. The first-order valence-corrected chi connectivity index (χ1v) is 7.19. The number of halogens is 2. The predicted octanol–water partition coefficient (Wildman–Crippen LogP) is 5.12. The van der Waals surface area contributed by atoms with Crippen molar-refractivity contribution in [1.82, 2.24) is 4.98 Å². The van der Waals surface area contributed by atoms with Gasteiger partial charge < -0.3 is 4.74 Å². The summed E-state index contributed by atoms with van der Waals surface area (Å²) in [5.41, 5.74) is 2.27. The van der Waals surface area contributed by atoms with Gasteiger partial charge in [-0.15, -0.1) is 0 Å². The molecule has 0 aliphatic rings. The fourth-order valence-corrected chi connectivity index (χ4v) is 2.25. The molecule has 2 aromatic carbocycles. The molecule has 0 N–H and O–H groups in total. The van der Waals surface area contributed by atoms with Crippen LogP contribution in [0.25, 0.3) is 11.3 Å². The highest BCUT2D eigenvalue weighted by Gasteiger charge is 2.08. The lowest BCUT2D eigenvalue weighted by Crippen LogP contribution is -1.97. The van der Waals surface area contributed by atoms with Crippen molar-refractivity contribution in [2.75, 3.05) is 0 Å². The average molecular weight is 314 g/mol. The molecule has 0 atom stereocenters. The van der Waals surface area contributed by atoms with Crippen LogP contribution >= 0.6 is 11.6 Å². The van der Waals surface area contributed by atoms with Gasteiger partial charge >= 0.3 is 0 Å². The van der Waals surface area contributed by atoms with Crippen LogP contribution in [0.5, 0.6) is 5.75 Å². The van der Waals surface area contributed by atoms with E-state index in [2.05, 4.69) is 4.98 Å². The van der Waals surface area contributed by atoms with E-state index in [1.54, 1.807) is 30.3 Å². The SMILES string of the molecule is Fc1cc(-c2cccc(Cl)n2)ccc1OCc1ccccc1. The molecule has 0 saturated carbocycles. The molecule has 110 valence electrons. The van der Waals surface area contributed by atoms with Crippen molar-refractivity contribution in [2.24, 2.45) is 0 Å². The van der Waals surface area contributed by atoms with Crippen LogP contribution < -0.4 is 4.74 Å². The topological polar surface area (TPSA) is 22.1 Å². The van der Waals surface area contributed by atoms with E-state index in [1.807, 2.05) is 30.3 Å². The molecule has 0 bridgehead atoms. The van der Waals surface area contributed by atoms with E-state index in [1.165, 1.54) is 6.07 Å². The Balaban J connectivity index is 1.78. The normalized spacial score (nSPS) is 10.5. The summed E-state index contributed by atoms with van der Waals surface area (Å²) in [6, 6.07) is 19.6. The second-order valence-electron chi connectivity index (χ2n) is 4.77. The van der Waals surface area contributed by atoms with Gasteiger partial charge in [-0.25, -0.2) is 9.37 Å². The summed E-state index contributed by atoms with van der Waals surface area (Å²) < 4.78 is 19.7. The number of aromatic nitrogens is 1. The molecule has 0 radical (unpaired) electrons. The third-order valence-corrected chi connectivity index (χ3v) is 3.39. The number of rotatable bonds is 4. The number of hydrogen-bond acceptors (Lipinski definition) is 2. The minimum Gasteiger partial charge on any atom is -0.486 e. The number of benzene rings is 2. The minimum absolute atomic E-state index is 0.217. The first-order chi connectivity index (χ1) is 10.7. The molecular formula is C18H13ClFNO. The molecule has 4 heteroatoms. The minimum atomic E-state index is -0.421. The van der Waals surface area contributed by atoms with Crippen LogP contribution in [0, 0.1) is 5.82 Å². The standard InChI is InChI=1S/C18H13ClFNO/c19-18-8-4-7-16(21-18)14-9-10-17(15(20)11-14)22-12-13-5-2-1-3-6-13/h1-11H,12H2. The Hall–Kier alpha value is -2.39. The summed E-state index contributed by atoms with van der Waals surface area (Å²) in [5, 5.41) is 0.377. The van der Waals surface area contributed by atoms with Crippen LogP contribution in [-0.4, -0.2) is 4.98 Å². The second-order valence-corrected chi connectivity index (χ2v) is 5.15. The first-order valence-electron chi connectivity index (χ1n) is 6.81. The van der Waals surface area contributed by atoms with Crippen LogP contribution in [0.2, 0.25) is 5.15 Å². The van der Waals surface area contributed by atoms with E-state index >= 15 is 0 Å². The maximum atomic E-state index is 14.2. The first kappa shape index (κ1) is 14.5. The molecule has 0 amide bonds. The quantitative estimate of drug-likeness (QED) is 0.624. The second kappa shape index (κ2) is 6.58. The Kier molecular flexibility index (Phi) is 4.35. The van der Waals surface area contributed by atoms with Crippen molar-refractivity contribution in [3.63, 3.8) is 0 Å². The summed E-state index contributed by atoms with van der Waals surface area (Å²) in [6.45, 7) is 0.326. The van der Waals surface area contributed by atoms with Crippen molar-refractivity contribution in [3.8, 4) is 17.0 Å². The highest BCUT2D eigenvalue weighted by atomic mass is 35.5. The zero-order chi connectivity index (χ0) is 15.4. The summed E-state index contributed by atoms with van der Waals surface area (Å²) >= 11 is 5.85. The van der Waals surface area contributed by atoms with Gasteiger partial charge in [0.1, 0.15) is 11.8 Å². The van der Waals surface area contributed by atoms with Crippen molar-refractivity contribution in [3.05, 3.63) is 83.3 Å². The molecule has 0 aliphatic heterocycles. The van der Waals surface area contributed by atoms with Crippen molar-refractivity contribution < 1.29 is 9.13 Å².